The molecule has 7 heteroatoms. The molecule has 7 nitrogen and oxygen atoms in total. The Morgan fingerprint density at radius 2 is 0.768 bits per heavy atom. The quantitative estimate of drug-likeness (QED) is 0.0451. The van der Waals surface area contributed by atoms with Crippen LogP contribution in [0.2, 0.25) is 0 Å². The van der Waals surface area contributed by atoms with Crippen LogP contribution >= 0.6 is 0 Å². The van der Waals surface area contributed by atoms with E-state index >= 15 is 0 Å². The number of carbonyl (C=O) groups excluding carboxylic acids is 4. The van der Waals surface area contributed by atoms with E-state index in [9.17, 15) is 19.2 Å². The summed E-state index contributed by atoms with van der Waals surface area (Å²) >= 11 is 0. The van der Waals surface area contributed by atoms with Gasteiger partial charge in [0.15, 0.2) is 0 Å². The van der Waals surface area contributed by atoms with Crippen LogP contribution in [0.5, 0.6) is 0 Å². The zero-order valence-electron chi connectivity index (χ0n) is 37.9. The monoisotopic (exact) mass is 792 g/mol. The SMILES string of the molecule is CCCCCCCC(CCCCCCC)CC(=O)OCCCCCC(=O)CCCCCOC(=O)CCN(C)C(=O)CC(CCCCCCC)CCCCCCC. The first-order valence-electron chi connectivity index (χ1n) is 24.3. The number of ketones is 1. The van der Waals surface area contributed by atoms with Crippen molar-refractivity contribution in [1.29, 1.82) is 0 Å². The van der Waals surface area contributed by atoms with E-state index in [-0.39, 0.29) is 30.0 Å². The molecule has 0 atom stereocenters. The number of hydrogen-bond acceptors (Lipinski definition) is 6. The zero-order chi connectivity index (χ0) is 41.3. The van der Waals surface area contributed by atoms with E-state index in [0.29, 0.717) is 57.3 Å². The van der Waals surface area contributed by atoms with Crippen molar-refractivity contribution in [2.24, 2.45) is 11.8 Å². The predicted octanol–water partition coefficient (Wildman–Crippen LogP) is 14.1. The third-order valence-corrected chi connectivity index (χ3v) is 11.6. The third-order valence-electron chi connectivity index (χ3n) is 11.6. The van der Waals surface area contributed by atoms with E-state index < -0.39 is 0 Å². The van der Waals surface area contributed by atoms with Gasteiger partial charge in [0.2, 0.25) is 5.91 Å². The number of amides is 1. The highest BCUT2D eigenvalue weighted by atomic mass is 16.5. The van der Waals surface area contributed by atoms with Gasteiger partial charge in [0.25, 0.3) is 0 Å². The van der Waals surface area contributed by atoms with Crippen LogP contribution in [0.3, 0.4) is 0 Å². The molecule has 0 bridgehead atoms. The maximum absolute atomic E-state index is 13.0. The molecular formula is C49H93NO6. The summed E-state index contributed by atoms with van der Waals surface area (Å²) in [5.41, 5.74) is 0. The molecule has 0 N–H and O–H groups in total. The lowest BCUT2D eigenvalue weighted by atomic mass is 9.91. The van der Waals surface area contributed by atoms with Gasteiger partial charge >= 0.3 is 11.9 Å². The second-order valence-corrected chi connectivity index (χ2v) is 17.1. The Morgan fingerprint density at radius 1 is 0.411 bits per heavy atom. The van der Waals surface area contributed by atoms with Gasteiger partial charge in [0.05, 0.1) is 19.6 Å². The lowest BCUT2D eigenvalue weighted by Gasteiger charge is -2.22. The molecule has 0 radical (unpaired) electrons. The fraction of sp³-hybridized carbons (Fsp3) is 0.918. The van der Waals surface area contributed by atoms with Gasteiger partial charge in [0, 0.05) is 39.3 Å². The van der Waals surface area contributed by atoms with Gasteiger partial charge in [-0.25, -0.2) is 0 Å². The first-order valence-corrected chi connectivity index (χ1v) is 24.3. The summed E-state index contributed by atoms with van der Waals surface area (Å²) in [5.74, 6) is 1.01. The van der Waals surface area contributed by atoms with Crippen LogP contribution in [0.4, 0.5) is 0 Å². The average Bonchev–Trinajstić information content (AvgIpc) is 3.18. The number of carbonyl (C=O) groups is 4. The summed E-state index contributed by atoms with van der Waals surface area (Å²) in [7, 11) is 1.81. The molecule has 56 heavy (non-hydrogen) atoms. The smallest absolute Gasteiger partial charge is 0.307 e. The maximum atomic E-state index is 13.0. The van der Waals surface area contributed by atoms with Gasteiger partial charge in [-0.05, 0) is 76.0 Å². The fourth-order valence-electron chi connectivity index (χ4n) is 7.70. The predicted molar refractivity (Wildman–Crippen MR) is 236 cm³/mol. The van der Waals surface area contributed by atoms with Crippen LogP contribution in [0.25, 0.3) is 0 Å². The van der Waals surface area contributed by atoms with Crippen LogP contribution < -0.4 is 0 Å². The molecule has 1 amide bonds. The van der Waals surface area contributed by atoms with Crippen molar-refractivity contribution in [1.82, 2.24) is 4.90 Å². The molecule has 0 aliphatic carbocycles. The summed E-state index contributed by atoms with van der Waals surface area (Å²) in [6.45, 7) is 10.2. The molecule has 0 saturated heterocycles. The van der Waals surface area contributed by atoms with E-state index in [0.717, 1.165) is 64.2 Å². The van der Waals surface area contributed by atoms with Gasteiger partial charge in [0.1, 0.15) is 5.78 Å². The van der Waals surface area contributed by atoms with Gasteiger partial charge in [-0.15, -0.1) is 0 Å². The molecule has 0 unspecified atom stereocenters. The van der Waals surface area contributed by atoms with Crippen LogP contribution in [-0.4, -0.2) is 55.3 Å². The van der Waals surface area contributed by atoms with Crippen molar-refractivity contribution in [3.05, 3.63) is 0 Å². The highest BCUT2D eigenvalue weighted by molar-refractivity contribution is 5.78. The Balaban J connectivity index is 4.08. The Kier molecular flexibility index (Phi) is 39.8. The Hall–Kier alpha value is -1.92. The van der Waals surface area contributed by atoms with Crippen molar-refractivity contribution in [3.63, 3.8) is 0 Å². The molecule has 0 aromatic carbocycles. The van der Waals surface area contributed by atoms with Crippen molar-refractivity contribution in [2.75, 3.05) is 26.8 Å². The molecule has 0 aliphatic rings. The van der Waals surface area contributed by atoms with E-state index in [1.54, 1.807) is 4.90 Å². The van der Waals surface area contributed by atoms with Crippen LogP contribution in [-0.2, 0) is 28.7 Å². The zero-order valence-corrected chi connectivity index (χ0v) is 37.9. The minimum Gasteiger partial charge on any atom is -0.466 e. The van der Waals surface area contributed by atoms with Gasteiger partial charge in [-0.2, -0.15) is 0 Å². The summed E-state index contributed by atoms with van der Waals surface area (Å²) in [6, 6.07) is 0. The minimum atomic E-state index is -0.259. The van der Waals surface area contributed by atoms with Crippen LogP contribution in [0.1, 0.15) is 252 Å². The van der Waals surface area contributed by atoms with Gasteiger partial charge in [-0.3, -0.25) is 19.2 Å². The van der Waals surface area contributed by atoms with Gasteiger partial charge in [-0.1, -0.05) is 156 Å². The number of hydrogen-bond donors (Lipinski definition) is 0. The number of Topliss-reactive ketones (excluding diaryl/α,β-unsaturated/α-hetero) is 1. The van der Waals surface area contributed by atoms with Crippen LogP contribution in [0.15, 0.2) is 0 Å². The molecular weight excluding hydrogens is 699 g/mol. The highest BCUT2D eigenvalue weighted by Crippen LogP contribution is 2.24. The largest absolute Gasteiger partial charge is 0.466 e. The summed E-state index contributed by atoms with van der Waals surface area (Å²) < 4.78 is 11.0. The number of nitrogens with zero attached hydrogens (tertiary/aromatic N) is 1. The van der Waals surface area contributed by atoms with Crippen molar-refractivity contribution < 1.29 is 28.7 Å². The van der Waals surface area contributed by atoms with Gasteiger partial charge < -0.3 is 14.4 Å². The van der Waals surface area contributed by atoms with E-state index in [1.807, 2.05) is 7.05 Å². The Labute approximate surface area is 347 Å². The second kappa shape index (κ2) is 41.2. The molecule has 0 aromatic rings. The summed E-state index contributed by atoms with van der Waals surface area (Å²) in [6.07, 6.45) is 37.2. The maximum Gasteiger partial charge on any atom is 0.307 e. The lowest BCUT2D eigenvalue weighted by Crippen LogP contribution is -2.31. The average molecular weight is 792 g/mol. The third kappa shape index (κ3) is 36.4. The van der Waals surface area contributed by atoms with Crippen LogP contribution in [0, 0.1) is 11.8 Å². The summed E-state index contributed by atoms with van der Waals surface area (Å²) in [5, 5.41) is 0. The molecule has 0 aromatic heterocycles. The van der Waals surface area contributed by atoms with Crippen molar-refractivity contribution >= 4 is 23.6 Å². The topological polar surface area (TPSA) is 90.0 Å². The highest BCUT2D eigenvalue weighted by Gasteiger charge is 2.18. The fourth-order valence-corrected chi connectivity index (χ4v) is 7.70. The number of rotatable bonds is 43. The number of esters is 2. The molecule has 330 valence electrons. The minimum absolute atomic E-state index is 0.0489. The number of ether oxygens (including phenoxy) is 2. The first kappa shape index (κ1) is 54.1. The second-order valence-electron chi connectivity index (χ2n) is 17.1. The molecule has 0 fully saturated rings. The van der Waals surface area contributed by atoms with Crippen molar-refractivity contribution in [2.45, 2.75) is 252 Å². The van der Waals surface area contributed by atoms with E-state index in [4.69, 9.17) is 9.47 Å². The molecule has 0 heterocycles. The normalized spacial score (nSPS) is 11.4. The standard InChI is InChI=1S/C49H93NO6/c1-6-10-14-18-24-32-44(33-25-19-15-11-7-2)42-47(52)50(5)39-38-48(53)55-40-30-22-28-36-46(51)37-29-23-31-41-56-49(54)43-45(34-26-20-16-12-8-3)35-27-21-17-13-9-4/h44-45H,6-43H2,1-5H3. The van der Waals surface area contributed by atoms with E-state index in [1.165, 1.54) is 128 Å². The van der Waals surface area contributed by atoms with E-state index in [2.05, 4.69) is 27.7 Å². The number of unbranched alkanes of at least 4 members (excludes halogenated alkanes) is 20. The van der Waals surface area contributed by atoms with Crippen molar-refractivity contribution in [3.8, 4) is 0 Å². The summed E-state index contributed by atoms with van der Waals surface area (Å²) in [4.78, 5) is 52.1. The molecule has 0 aliphatic heterocycles. The Morgan fingerprint density at radius 3 is 1.18 bits per heavy atom. The molecule has 0 saturated carbocycles. The molecule has 0 rings (SSSR count). The lowest BCUT2D eigenvalue weighted by molar-refractivity contribution is -0.146. The first-order chi connectivity index (χ1) is 27.3. The molecule has 0 spiro atoms. The Bertz CT molecular complexity index is 894.